The number of carbonyl (C=O) groups excluding carboxylic acids is 1. The van der Waals surface area contributed by atoms with Gasteiger partial charge in [-0.25, -0.2) is 9.18 Å². The van der Waals surface area contributed by atoms with Gasteiger partial charge in [0, 0.05) is 0 Å². The first kappa shape index (κ1) is 9.88. The number of rotatable bonds is 3. The van der Waals surface area contributed by atoms with Gasteiger partial charge in [-0.1, -0.05) is 13.8 Å². The molecule has 0 aliphatic heterocycles. The molecule has 0 saturated heterocycles. The van der Waals surface area contributed by atoms with Crippen LogP contribution in [-0.4, -0.2) is 17.7 Å². The molecule has 0 heterocycles. The summed E-state index contributed by atoms with van der Waals surface area (Å²) in [7, 11) is 0. The maximum absolute atomic E-state index is 12.0. The molecule has 0 N–H and O–H groups in total. The molecule has 10 heavy (non-hydrogen) atoms. The van der Waals surface area contributed by atoms with Crippen molar-refractivity contribution in [3.63, 3.8) is 0 Å². The van der Waals surface area contributed by atoms with Crippen LogP contribution in [0.5, 0.6) is 0 Å². The summed E-state index contributed by atoms with van der Waals surface area (Å²) in [5.74, 6) is -0.607. The largest absolute Gasteiger partial charge is 0.463 e. The molecule has 4 heteroatoms. The third kappa shape index (κ3) is 4.73. The lowest BCUT2D eigenvalue weighted by molar-refractivity contribution is -0.146. The fraction of sp³-hybridized carbons (Fsp3) is 0.833. The average molecular weight is 213 g/mol. The number of esters is 1. The Morgan fingerprint density at radius 2 is 2.20 bits per heavy atom. The molecule has 0 radical (unpaired) electrons. The average Bonchev–Trinajstić information content (AvgIpc) is 1.82. The van der Waals surface area contributed by atoms with E-state index >= 15 is 0 Å². The number of hydrogen-bond acceptors (Lipinski definition) is 2. The molecule has 1 unspecified atom stereocenters. The molecule has 0 bridgehead atoms. The summed E-state index contributed by atoms with van der Waals surface area (Å²) in [4.78, 5) is 10.4. The normalized spacial score (nSPS) is 13.3. The van der Waals surface area contributed by atoms with E-state index in [0.717, 1.165) is 0 Å². The third-order valence-electron chi connectivity index (χ3n) is 0.737. The van der Waals surface area contributed by atoms with E-state index in [4.69, 9.17) is 0 Å². The molecule has 0 rings (SSSR count). The van der Waals surface area contributed by atoms with E-state index in [1.54, 1.807) is 0 Å². The second-order valence-electron chi connectivity index (χ2n) is 2.32. The zero-order valence-corrected chi connectivity index (χ0v) is 7.52. The fourth-order valence-corrected chi connectivity index (χ4v) is 0.444. The van der Waals surface area contributed by atoms with E-state index < -0.39 is 11.1 Å². The predicted molar refractivity (Wildman–Crippen MR) is 39.6 cm³/mol. The minimum atomic E-state index is -1.69. The van der Waals surface area contributed by atoms with Crippen LogP contribution in [0.4, 0.5) is 4.39 Å². The molecular weight excluding hydrogens is 203 g/mol. The molecule has 0 aliphatic carbocycles. The summed E-state index contributed by atoms with van der Waals surface area (Å²) in [5.41, 5.74) is 0. The minimum absolute atomic E-state index is 0.246. The zero-order chi connectivity index (χ0) is 8.15. The highest BCUT2D eigenvalue weighted by atomic mass is 79.9. The Morgan fingerprint density at radius 1 is 1.70 bits per heavy atom. The molecule has 0 aromatic carbocycles. The molecule has 0 amide bonds. The van der Waals surface area contributed by atoms with Crippen LogP contribution in [0.15, 0.2) is 0 Å². The van der Waals surface area contributed by atoms with Crippen molar-refractivity contribution in [2.45, 2.75) is 18.9 Å². The Balaban J connectivity index is 3.40. The predicted octanol–water partition coefficient (Wildman–Crippen LogP) is 1.88. The molecule has 60 valence electrons. The first-order valence-corrected chi connectivity index (χ1v) is 3.90. The van der Waals surface area contributed by atoms with Crippen LogP contribution in [0.1, 0.15) is 13.8 Å². The van der Waals surface area contributed by atoms with E-state index in [-0.39, 0.29) is 12.5 Å². The van der Waals surface area contributed by atoms with Gasteiger partial charge in [0.15, 0.2) is 0 Å². The number of halogens is 2. The topological polar surface area (TPSA) is 26.3 Å². The summed E-state index contributed by atoms with van der Waals surface area (Å²) in [6.45, 7) is 4.04. The molecule has 2 nitrogen and oxygen atoms in total. The summed E-state index contributed by atoms with van der Waals surface area (Å²) < 4.78 is 16.5. The van der Waals surface area contributed by atoms with Crippen molar-refractivity contribution in [2.75, 3.05) is 6.61 Å². The molecular formula is C6H10BrFO2. The van der Waals surface area contributed by atoms with Gasteiger partial charge in [-0.05, 0) is 21.8 Å². The van der Waals surface area contributed by atoms with Gasteiger partial charge < -0.3 is 4.74 Å². The summed E-state index contributed by atoms with van der Waals surface area (Å²) in [6.07, 6.45) is 0. The fourth-order valence-electron chi connectivity index (χ4n) is 0.312. The van der Waals surface area contributed by atoms with E-state index in [1.807, 2.05) is 13.8 Å². The zero-order valence-electron chi connectivity index (χ0n) is 5.93. The standard InChI is InChI=1S/C6H10BrFO2/c1-4(2)3-10-6(9)5(7)8/h4-5H,3H2,1-2H3. The van der Waals surface area contributed by atoms with Crippen molar-refractivity contribution in [1.82, 2.24) is 0 Å². The smallest absolute Gasteiger partial charge is 0.351 e. The lowest BCUT2D eigenvalue weighted by Crippen LogP contribution is -2.15. The van der Waals surface area contributed by atoms with Crippen LogP contribution in [0, 0.1) is 5.92 Å². The van der Waals surface area contributed by atoms with Gasteiger partial charge in [-0.3, -0.25) is 0 Å². The monoisotopic (exact) mass is 212 g/mol. The van der Waals surface area contributed by atoms with Crippen molar-refractivity contribution in [1.29, 1.82) is 0 Å². The molecule has 0 saturated carbocycles. The lowest BCUT2D eigenvalue weighted by Gasteiger charge is -2.05. The SMILES string of the molecule is CC(C)COC(=O)C(F)Br. The van der Waals surface area contributed by atoms with Crippen molar-refractivity contribution in [2.24, 2.45) is 5.92 Å². The van der Waals surface area contributed by atoms with Crippen molar-refractivity contribution in [3.05, 3.63) is 0 Å². The van der Waals surface area contributed by atoms with Crippen molar-refractivity contribution in [3.8, 4) is 0 Å². The van der Waals surface area contributed by atoms with Gasteiger partial charge in [0.25, 0.3) is 5.08 Å². The quantitative estimate of drug-likeness (QED) is 0.528. The maximum Gasteiger partial charge on any atom is 0.351 e. The summed E-state index contributed by atoms with van der Waals surface area (Å²) in [6, 6.07) is 0. The van der Waals surface area contributed by atoms with Crippen molar-refractivity contribution >= 4 is 21.9 Å². The summed E-state index contributed by atoms with van der Waals surface area (Å²) in [5, 5.41) is -1.69. The number of carbonyl (C=O) groups is 1. The highest BCUT2D eigenvalue weighted by Crippen LogP contribution is 2.04. The Kier molecular flexibility index (Phi) is 4.60. The second-order valence-corrected chi connectivity index (χ2v) is 3.13. The van der Waals surface area contributed by atoms with E-state index in [9.17, 15) is 9.18 Å². The molecule has 0 spiro atoms. The Morgan fingerprint density at radius 3 is 2.50 bits per heavy atom. The molecule has 0 aromatic rings. The Hall–Kier alpha value is -0.120. The first-order valence-electron chi connectivity index (χ1n) is 2.98. The number of ether oxygens (including phenoxy) is 1. The highest BCUT2D eigenvalue weighted by molar-refractivity contribution is 9.09. The molecule has 0 fully saturated rings. The van der Waals surface area contributed by atoms with Gasteiger partial charge in [0.05, 0.1) is 6.61 Å². The highest BCUT2D eigenvalue weighted by Gasteiger charge is 2.14. The van der Waals surface area contributed by atoms with E-state index in [2.05, 4.69) is 20.7 Å². The van der Waals surface area contributed by atoms with Gasteiger partial charge >= 0.3 is 5.97 Å². The van der Waals surface area contributed by atoms with Crippen LogP contribution < -0.4 is 0 Å². The van der Waals surface area contributed by atoms with E-state index in [0.29, 0.717) is 0 Å². The first-order chi connectivity index (χ1) is 4.54. The minimum Gasteiger partial charge on any atom is -0.463 e. The van der Waals surface area contributed by atoms with Crippen molar-refractivity contribution < 1.29 is 13.9 Å². The molecule has 1 atom stereocenters. The van der Waals surface area contributed by atoms with Crippen LogP contribution in [0.3, 0.4) is 0 Å². The molecule has 0 aliphatic rings. The summed E-state index contributed by atoms with van der Waals surface area (Å²) >= 11 is 2.45. The van der Waals surface area contributed by atoms with Crippen LogP contribution in [0.25, 0.3) is 0 Å². The Bertz CT molecular complexity index is 114. The van der Waals surface area contributed by atoms with E-state index in [1.165, 1.54) is 0 Å². The van der Waals surface area contributed by atoms with Crippen LogP contribution in [-0.2, 0) is 9.53 Å². The van der Waals surface area contributed by atoms with Crippen LogP contribution >= 0.6 is 15.9 Å². The second kappa shape index (κ2) is 4.66. The van der Waals surface area contributed by atoms with Gasteiger partial charge in [0.1, 0.15) is 0 Å². The Labute approximate surface area is 67.9 Å². The van der Waals surface area contributed by atoms with Crippen LogP contribution in [0.2, 0.25) is 0 Å². The third-order valence-corrected chi connectivity index (χ3v) is 1.11. The molecule has 0 aromatic heterocycles. The van der Waals surface area contributed by atoms with Gasteiger partial charge in [-0.2, -0.15) is 0 Å². The maximum atomic E-state index is 12.0. The lowest BCUT2D eigenvalue weighted by atomic mass is 10.2. The van der Waals surface area contributed by atoms with Gasteiger partial charge in [-0.15, -0.1) is 0 Å². The van der Waals surface area contributed by atoms with Gasteiger partial charge in [0.2, 0.25) is 0 Å². The number of hydrogen-bond donors (Lipinski definition) is 0. The number of alkyl halides is 2.